The van der Waals surface area contributed by atoms with Gasteiger partial charge in [0.05, 0.1) is 22.6 Å². The van der Waals surface area contributed by atoms with Crippen molar-refractivity contribution in [1.82, 2.24) is 9.55 Å². The minimum absolute atomic E-state index is 0.00221. The molecule has 0 aliphatic carbocycles. The second-order valence-corrected chi connectivity index (χ2v) is 5.37. The molecule has 1 heterocycles. The van der Waals surface area contributed by atoms with Gasteiger partial charge in [-0.3, -0.25) is 4.79 Å². The maximum absolute atomic E-state index is 12.4. The molecule has 0 aliphatic rings. The van der Waals surface area contributed by atoms with Crippen molar-refractivity contribution in [3.63, 3.8) is 0 Å². The van der Waals surface area contributed by atoms with Crippen LogP contribution < -0.4 is 10.1 Å². The molecular formula is C17H12ClF2N3O2. The minimum atomic E-state index is -3.02. The number of hydrogen-bond acceptors (Lipinski definition) is 3. The van der Waals surface area contributed by atoms with Gasteiger partial charge in [-0.05, 0) is 30.3 Å². The van der Waals surface area contributed by atoms with Gasteiger partial charge in [-0.1, -0.05) is 23.7 Å². The van der Waals surface area contributed by atoms with E-state index in [2.05, 4.69) is 15.0 Å². The van der Waals surface area contributed by atoms with E-state index in [1.807, 2.05) is 0 Å². The van der Waals surface area contributed by atoms with E-state index < -0.39 is 12.5 Å². The summed E-state index contributed by atoms with van der Waals surface area (Å²) < 4.78 is 31.0. The van der Waals surface area contributed by atoms with Crippen LogP contribution in [0.25, 0.3) is 5.69 Å². The minimum Gasteiger partial charge on any atom is -0.434 e. The van der Waals surface area contributed by atoms with E-state index >= 15 is 0 Å². The number of carbonyl (C=O) groups is 1. The Labute approximate surface area is 146 Å². The zero-order valence-corrected chi connectivity index (χ0v) is 13.5. The first-order valence-corrected chi connectivity index (χ1v) is 7.55. The van der Waals surface area contributed by atoms with Crippen LogP contribution in [0.1, 0.15) is 10.4 Å². The second kappa shape index (κ2) is 7.31. The Kier molecular flexibility index (Phi) is 4.95. The summed E-state index contributed by atoms with van der Waals surface area (Å²) in [6.45, 7) is -3.02. The number of amides is 1. The number of para-hydroxylation sites is 1. The van der Waals surface area contributed by atoms with Crippen molar-refractivity contribution < 1.29 is 18.3 Å². The van der Waals surface area contributed by atoms with Gasteiger partial charge in [-0.2, -0.15) is 8.78 Å². The van der Waals surface area contributed by atoms with Crippen LogP contribution in [0, 0.1) is 0 Å². The molecule has 8 heteroatoms. The molecule has 0 atom stereocenters. The predicted octanol–water partition coefficient (Wildman–Crippen LogP) is 4.38. The zero-order chi connectivity index (χ0) is 17.8. The fraction of sp³-hybridized carbons (Fsp3) is 0.0588. The molecule has 1 N–H and O–H groups in total. The Morgan fingerprint density at radius 1 is 1.24 bits per heavy atom. The molecule has 3 aromatic rings. The fourth-order valence-corrected chi connectivity index (χ4v) is 2.53. The van der Waals surface area contributed by atoms with Gasteiger partial charge in [0.15, 0.2) is 0 Å². The highest BCUT2D eigenvalue weighted by Gasteiger charge is 2.16. The summed E-state index contributed by atoms with van der Waals surface area (Å²) >= 11 is 6.23. The highest BCUT2D eigenvalue weighted by Crippen LogP contribution is 2.26. The van der Waals surface area contributed by atoms with Crippen molar-refractivity contribution in [1.29, 1.82) is 0 Å². The van der Waals surface area contributed by atoms with Gasteiger partial charge < -0.3 is 14.6 Å². The summed E-state index contributed by atoms with van der Waals surface area (Å²) in [6.07, 6.45) is 4.95. The van der Waals surface area contributed by atoms with Crippen molar-refractivity contribution in [2.45, 2.75) is 6.61 Å². The Balaban J connectivity index is 1.81. The lowest BCUT2D eigenvalue weighted by Crippen LogP contribution is -2.15. The number of alkyl halides is 2. The Hall–Kier alpha value is -2.93. The standard InChI is InChI=1S/C17H12ClF2N3O2/c18-13-9-11(5-6-14(13)23-8-7-21-10-23)22-16(24)12-3-1-2-4-15(12)25-17(19)20/h1-10,17H,(H,22,24). The van der Waals surface area contributed by atoms with E-state index in [1.54, 1.807) is 47.6 Å². The lowest BCUT2D eigenvalue weighted by Gasteiger charge is -2.12. The molecule has 128 valence electrons. The van der Waals surface area contributed by atoms with E-state index in [9.17, 15) is 13.6 Å². The molecule has 0 radical (unpaired) electrons. The number of rotatable bonds is 5. The number of anilines is 1. The number of nitrogens with one attached hydrogen (secondary N) is 1. The van der Waals surface area contributed by atoms with Crippen LogP contribution in [0.5, 0.6) is 5.75 Å². The quantitative estimate of drug-likeness (QED) is 0.732. The molecular weight excluding hydrogens is 352 g/mol. The van der Waals surface area contributed by atoms with Crippen LogP contribution in [0.4, 0.5) is 14.5 Å². The Bertz CT molecular complexity index is 885. The Morgan fingerprint density at radius 2 is 2.04 bits per heavy atom. The Morgan fingerprint density at radius 3 is 2.72 bits per heavy atom. The number of aromatic nitrogens is 2. The molecule has 0 saturated carbocycles. The SMILES string of the molecule is O=C(Nc1ccc(-n2ccnc2)c(Cl)c1)c1ccccc1OC(F)F. The molecule has 0 saturated heterocycles. The highest BCUT2D eigenvalue weighted by atomic mass is 35.5. The van der Waals surface area contributed by atoms with Crippen molar-refractivity contribution in [3.05, 3.63) is 71.8 Å². The molecule has 3 rings (SSSR count). The van der Waals surface area contributed by atoms with Gasteiger partial charge in [-0.25, -0.2) is 4.98 Å². The molecule has 2 aromatic carbocycles. The smallest absolute Gasteiger partial charge is 0.387 e. The third-order valence-electron chi connectivity index (χ3n) is 3.34. The van der Waals surface area contributed by atoms with Crippen LogP contribution in [-0.4, -0.2) is 22.1 Å². The van der Waals surface area contributed by atoms with Crippen molar-refractivity contribution in [2.75, 3.05) is 5.32 Å². The number of halogens is 3. The number of carbonyl (C=O) groups excluding carboxylic acids is 1. The highest BCUT2D eigenvalue weighted by molar-refractivity contribution is 6.32. The van der Waals surface area contributed by atoms with E-state index in [0.717, 1.165) is 0 Å². The maximum atomic E-state index is 12.4. The third-order valence-corrected chi connectivity index (χ3v) is 3.64. The van der Waals surface area contributed by atoms with E-state index in [0.29, 0.717) is 16.4 Å². The van der Waals surface area contributed by atoms with Gasteiger partial charge in [0, 0.05) is 18.1 Å². The lowest BCUT2D eigenvalue weighted by molar-refractivity contribution is -0.0501. The predicted molar refractivity (Wildman–Crippen MR) is 89.6 cm³/mol. The molecule has 0 fully saturated rings. The van der Waals surface area contributed by atoms with Crippen LogP contribution in [-0.2, 0) is 0 Å². The fourth-order valence-electron chi connectivity index (χ4n) is 2.25. The van der Waals surface area contributed by atoms with Crippen LogP contribution in [0.15, 0.2) is 61.2 Å². The van der Waals surface area contributed by atoms with E-state index in [4.69, 9.17) is 11.6 Å². The number of imidazole rings is 1. The molecule has 1 aromatic heterocycles. The molecule has 0 bridgehead atoms. The van der Waals surface area contributed by atoms with Crippen LogP contribution in [0.2, 0.25) is 5.02 Å². The summed E-state index contributed by atoms with van der Waals surface area (Å²) in [5.41, 5.74) is 1.11. The van der Waals surface area contributed by atoms with Crippen LogP contribution in [0.3, 0.4) is 0 Å². The topological polar surface area (TPSA) is 56.2 Å². The molecule has 25 heavy (non-hydrogen) atoms. The maximum Gasteiger partial charge on any atom is 0.387 e. The molecule has 5 nitrogen and oxygen atoms in total. The van der Waals surface area contributed by atoms with Crippen molar-refractivity contribution in [3.8, 4) is 11.4 Å². The first-order chi connectivity index (χ1) is 12.0. The molecule has 0 aliphatic heterocycles. The van der Waals surface area contributed by atoms with Gasteiger partial charge in [0.25, 0.3) is 5.91 Å². The first kappa shape index (κ1) is 16.9. The second-order valence-electron chi connectivity index (χ2n) is 4.96. The summed E-state index contributed by atoms with van der Waals surface area (Å²) in [6, 6.07) is 10.7. The lowest BCUT2D eigenvalue weighted by atomic mass is 10.2. The van der Waals surface area contributed by atoms with Gasteiger partial charge in [0.1, 0.15) is 5.75 Å². The normalized spacial score (nSPS) is 10.7. The number of benzene rings is 2. The van der Waals surface area contributed by atoms with Gasteiger partial charge in [0.2, 0.25) is 0 Å². The number of ether oxygens (including phenoxy) is 1. The first-order valence-electron chi connectivity index (χ1n) is 7.17. The van der Waals surface area contributed by atoms with Crippen molar-refractivity contribution >= 4 is 23.2 Å². The largest absolute Gasteiger partial charge is 0.434 e. The monoisotopic (exact) mass is 363 g/mol. The van der Waals surface area contributed by atoms with E-state index in [-0.39, 0.29) is 11.3 Å². The summed E-state index contributed by atoms with van der Waals surface area (Å²) in [5.74, 6) is -0.779. The molecule has 1 amide bonds. The van der Waals surface area contributed by atoms with Gasteiger partial charge in [-0.15, -0.1) is 0 Å². The third kappa shape index (κ3) is 3.95. The number of hydrogen-bond donors (Lipinski definition) is 1. The van der Waals surface area contributed by atoms with Gasteiger partial charge >= 0.3 is 6.61 Å². The van der Waals surface area contributed by atoms with E-state index in [1.165, 1.54) is 18.2 Å². The average Bonchev–Trinajstić information content (AvgIpc) is 3.09. The summed E-state index contributed by atoms with van der Waals surface area (Å²) in [5, 5.41) is 3.01. The summed E-state index contributed by atoms with van der Waals surface area (Å²) in [4.78, 5) is 16.3. The molecule has 0 spiro atoms. The average molecular weight is 364 g/mol. The van der Waals surface area contributed by atoms with Crippen LogP contribution >= 0.6 is 11.6 Å². The molecule has 0 unspecified atom stereocenters. The number of nitrogens with zero attached hydrogens (tertiary/aromatic N) is 2. The summed E-state index contributed by atoms with van der Waals surface area (Å²) in [7, 11) is 0. The zero-order valence-electron chi connectivity index (χ0n) is 12.7. The van der Waals surface area contributed by atoms with Crippen molar-refractivity contribution in [2.24, 2.45) is 0 Å².